The number of phenols is 1. The maximum absolute atomic E-state index is 10.00. The van der Waals surface area contributed by atoms with Crippen molar-refractivity contribution < 1.29 is 9.52 Å². The molecule has 3 N–H and O–H groups in total. The number of aromatic hydroxyl groups is 1. The Kier molecular flexibility index (Phi) is 2.48. The fourth-order valence-electron chi connectivity index (χ4n) is 1.77. The highest BCUT2D eigenvalue weighted by Gasteiger charge is 2.15. The summed E-state index contributed by atoms with van der Waals surface area (Å²) in [6.45, 7) is 0. The number of hydrogen-bond acceptors (Lipinski definition) is 4. The van der Waals surface area contributed by atoms with E-state index in [2.05, 4.69) is 20.9 Å². The number of phenolic OH excluding ortho intramolecular Hbond substituents is 1. The van der Waals surface area contributed by atoms with Crippen LogP contribution in [0.15, 0.2) is 45.3 Å². The van der Waals surface area contributed by atoms with E-state index in [0.29, 0.717) is 27.2 Å². The summed E-state index contributed by atoms with van der Waals surface area (Å²) in [7, 11) is 0. The summed E-state index contributed by atoms with van der Waals surface area (Å²) in [6, 6.07) is 10.7. The van der Waals surface area contributed by atoms with Crippen LogP contribution in [-0.4, -0.2) is 10.1 Å². The first-order chi connectivity index (χ1) is 8.65. The molecule has 3 aromatic rings. The van der Waals surface area contributed by atoms with Gasteiger partial charge in [-0.25, -0.2) is 4.98 Å². The molecule has 18 heavy (non-hydrogen) atoms. The predicted octanol–water partition coefficient (Wildman–Crippen LogP) is 3.55. The van der Waals surface area contributed by atoms with Gasteiger partial charge >= 0.3 is 0 Å². The molecule has 0 spiro atoms. The van der Waals surface area contributed by atoms with Gasteiger partial charge in [0.2, 0.25) is 5.89 Å². The standard InChI is InChI=1S/C13H9BrN2O2/c14-9-6-7(15)5-8(12(9)17)13-16-10-3-1-2-4-11(10)18-13/h1-6,17H,15H2. The number of anilines is 1. The molecule has 0 fully saturated rings. The van der Waals surface area contributed by atoms with E-state index in [0.717, 1.165) is 5.52 Å². The van der Waals surface area contributed by atoms with Crippen molar-refractivity contribution >= 4 is 32.7 Å². The van der Waals surface area contributed by atoms with E-state index in [1.54, 1.807) is 12.1 Å². The summed E-state index contributed by atoms with van der Waals surface area (Å²) >= 11 is 3.24. The molecule has 0 amide bonds. The second-order valence-electron chi connectivity index (χ2n) is 3.89. The van der Waals surface area contributed by atoms with E-state index in [1.807, 2.05) is 24.3 Å². The van der Waals surface area contributed by atoms with Crippen molar-refractivity contribution in [1.82, 2.24) is 4.98 Å². The second kappa shape index (κ2) is 4.03. The summed E-state index contributed by atoms with van der Waals surface area (Å²) in [5.41, 5.74) is 8.16. The van der Waals surface area contributed by atoms with Crippen LogP contribution in [0.4, 0.5) is 5.69 Å². The molecule has 3 rings (SSSR count). The van der Waals surface area contributed by atoms with E-state index < -0.39 is 0 Å². The van der Waals surface area contributed by atoms with Gasteiger partial charge in [-0.15, -0.1) is 0 Å². The lowest BCUT2D eigenvalue weighted by Gasteiger charge is -2.04. The van der Waals surface area contributed by atoms with Crippen LogP contribution in [0, 0.1) is 0 Å². The summed E-state index contributed by atoms with van der Waals surface area (Å²) < 4.78 is 6.11. The van der Waals surface area contributed by atoms with Gasteiger partial charge in [0.1, 0.15) is 11.3 Å². The number of fused-ring (bicyclic) bond motifs is 1. The third-order valence-electron chi connectivity index (χ3n) is 2.61. The number of oxazole rings is 1. The van der Waals surface area contributed by atoms with Gasteiger partial charge in [0.25, 0.3) is 0 Å². The van der Waals surface area contributed by atoms with Gasteiger partial charge in [-0.1, -0.05) is 12.1 Å². The van der Waals surface area contributed by atoms with Gasteiger partial charge in [0, 0.05) is 5.69 Å². The Bertz CT molecular complexity index is 704. The van der Waals surface area contributed by atoms with Crippen molar-refractivity contribution in [3.63, 3.8) is 0 Å². The largest absolute Gasteiger partial charge is 0.506 e. The molecule has 0 unspecified atom stereocenters. The monoisotopic (exact) mass is 304 g/mol. The van der Waals surface area contributed by atoms with Gasteiger partial charge in [-0.3, -0.25) is 0 Å². The molecule has 1 heterocycles. The predicted molar refractivity (Wildman–Crippen MR) is 73.2 cm³/mol. The van der Waals surface area contributed by atoms with Gasteiger partial charge in [0.15, 0.2) is 5.58 Å². The van der Waals surface area contributed by atoms with E-state index in [4.69, 9.17) is 10.2 Å². The molecule has 0 aliphatic heterocycles. The molecule has 5 heteroatoms. The highest BCUT2D eigenvalue weighted by atomic mass is 79.9. The first-order valence-corrected chi connectivity index (χ1v) is 6.08. The fourth-order valence-corrected chi connectivity index (χ4v) is 2.25. The average Bonchev–Trinajstić information content (AvgIpc) is 2.77. The SMILES string of the molecule is Nc1cc(Br)c(O)c(-c2nc3ccccc3o2)c1. The first-order valence-electron chi connectivity index (χ1n) is 5.29. The van der Waals surface area contributed by atoms with Gasteiger partial charge in [0.05, 0.1) is 10.0 Å². The van der Waals surface area contributed by atoms with Crippen molar-refractivity contribution in [2.45, 2.75) is 0 Å². The second-order valence-corrected chi connectivity index (χ2v) is 4.74. The molecule has 4 nitrogen and oxygen atoms in total. The van der Waals surface area contributed by atoms with Crippen LogP contribution in [0.1, 0.15) is 0 Å². The fraction of sp³-hybridized carbons (Fsp3) is 0. The lowest BCUT2D eigenvalue weighted by Crippen LogP contribution is -1.87. The Morgan fingerprint density at radius 3 is 2.78 bits per heavy atom. The van der Waals surface area contributed by atoms with E-state index in [1.165, 1.54) is 0 Å². The lowest BCUT2D eigenvalue weighted by molar-refractivity contribution is 0.471. The van der Waals surface area contributed by atoms with E-state index in [-0.39, 0.29) is 5.75 Å². The number of nitrogens with zero attached hydrogens (tertiary/aromatic N) is 1. The molecule has 0 saturated carbocycles. The zero-order chi connectivity index (χ0) is 12.7. The van der Waals surface area contributed by atoms with Gasteiger partial charge < -0.3 is 15.3 Å². The maximum atomic E-state index is 10.00. The smallest absolute Gasteiger partial charge is 0.231 e. The Morgan fingerprint density at radius 2 is 2.00 bits per heavy atom. The molecule has 90 valence electrons. The minimum absolute atomic E-state index is 0.0655. The maximum Gasteiger partial charge on any atom is 0.231 e. The first kappa shape index (κ1) is 11.1. The number of aromatic nitrogens is 1. The van der Waals surface area contributed by atoms with E-state index in [9.17, 15) is 5.11 Å². The highest BCUT2D eigenvalue weighted by Crippen LogP contribution is 2.38. The molecular formula is C13H9BrN2O2. The number of hydrogen-bond donors (Lipinski definition) is 2. The van der Waals surface area contributed by atoms with E-state index >= 15 is 0 Å². The van der Waals surface area contributed by atoms with Crippen LogP contribution >= 0.6 is 15.9 Å². The summed E-state index contributed by atoms with van der Waals surface area (Å²) in [5, 5.41) is 10.00. The average molecular weight is 305 g/mol. The van der Waals surface area contributed by atoms with Crippen molar-refractivity contribution in [3.8, 4) is 17.2 Å². The van der Waals surface area contributed by atoms with Crippen molar-refractivity contribution in [3.05, 3.63) is 40.9 Å². The van der Waals surface area contributed by atoms with Crippen LogP contribution in [0.2, 0.25) is 0 Å². The van der Waals surface area contributed by atoms with Crippen molar-refractivity contribution in [1.29, 1.82) is 0 Å². The van der Waals surface area contributed by atoms with Crippen LogP contribution in [0.5, 0.6) is 5.75 Å². The highest BCUT2D eigenvalue weighted by molar-refractivity contribution is 9.10. The minimum atomic E-state index is 0.0655. The molecule has 0 aliphatic rings. The van der Waals surface area contributed by atoms with Crippen LogP contribution in [0.25, 0.3) is 22.6 Å². The third-order valence-corrected chi connectivity index (χ3v) is 3.21. The normalized spacial score (nSPS) is 10.9. The molecular weight excluding hydrogens is 296 g/mol. The summed E-state index contributed by atoms with van der Waals surface area (Å²) in [6.07, 6.45) is 0. The molecule has 0 atom stereocenters. The molecule has 0 bridgehead atoms. The topological polar surface area (TPSA) is 72.3 Å². The van der Waals surface area contributed by atoms with Gasteiger partial charge in [-0.05, 0) is 40.2 Å². The number of rotatable bonds is 1. The van der Waals surface area contributed by atoms with Crippen LogP contribution in [0.3, 0.4) is 0 Å². The Morgan fingerprint density at radius 1 is 1.22 bits per heavy atom. The molecule has 1 aromatic heterocycles. The number of benzene rings is 2. The minimum Gasteiger partial charge on any atom is -0.506 e. The number of nitrogen functional groups attached to an aromatic ring is 1. The Labute approximate surface area is 111 Å². The van der Waals surface area contributed by atoms with Gasteiger partial charge in [-0.2, -0.15) is 0 Å². The molecule has 0 aliphatic carbocycles. The Balaban J connectivity index is 2.26. The lowest BCUT2D eigenvalue weighted by atomic mass is 10.2. The number of nitrogens with two attached hydrogens (primary N) is 1. The zero-order valence-corrected chi connectivity index (χ0v) is 10.8. The number of halogens is 1. The molecule has 2 aromatic carbocycles. The van der Waals surface area contributed by atoms with Crippen LogP contribution < -0.4 is 5.73 Å². The molecule has 0 radical (unpaired) electrons. The van der Waals surface area contributed by atoms with Crippen molar-refractivity contribution in [2.24, 2.45) is 0 Å². The zero-order valence-electron chi connectivity index (χ0n) is 9.22. The summed E-state index contributed by atoms with van der Waals surface area (Å²) in [5.74, 6) is 0.414. The quantitative estimate of drug-likeness (QED) is 0.533. The van der Waals surface area contributed by atoms with Crippen LogP contribution in [-0.2, 0) is 0 Å². The third kappa shape index (κ3) is 1.73. The molecule has 0 saturated heterocycles. The van der Waals surface area contributed by atoms with Crippen molar-refractivity contribution in [2.75, 3.05) is 5.73 Å². The summed E-state index contributed by atoms with van der Waals surface area (Å²) in [4.78, 5) is 4.32. The number of para-hydroxylation sites is 2. The Hall–Kier alpha value is -2.01.